The molecule has 0 aliphatic heterocycles. The second-order valence-electron chi connectivity index (χ2n) is 3.60. The van der Waals surface area contributed by atoms with E-state index in [0.717, 1.165) is 0 Å². The van der Waals surface area contributed by atoms with Crippen LogP contribution in [-0.2, 0) is 0 Å². The highest BCUT2D eigenvalue weighted by atomic mass is 15.1. The second kappa shape index (κ2) is 2.90. The van der Waals surface area contributed by atoms with Gasteiger partial charge in [-0.25, -0.2) is 4.98 Å². The van der Waals surface area contributed by atoms with Gasteiger partial charge in [-0.3, -0.25) is 0 Å². The highest BCUT2D eigenvalue weighted by molar-refractivity contribution is 5.05. The maximum Gasteiger partial charge on any atom is 0.0951 e. The Labute approximate surface area is 72.6 Å². The molecule has 3 heteroatoms. The van der Waals surface area contributed by atoms with Crippen LogP contribution in [0, 0.1) is 0 Å². The van der Waals surface area contributed by atoms with Gasteiger partial charge in [-0.05, 0) is 26.2 Å². The number of hydrogen-bond donors (Lipinski definition) is 1. The molecule has 0 spiro atoms. The van der Waals surface area contributed by atoms with Crippen LogP contribution in [0.5, 0.6) is 0 Å². The van der Waals surface area contributed by atoms with Gasteiger partial charge in [-0.2, -0.15) is 0 Å². The topological polar surface area (TPSA) is 43.8 Å². The molecule has 2 N–H and O–H groups in total. The van der Waals surface area contributed by atoms with Crippen LogP contribution in [-0.4, -0.2) is 9.55 Å². The third-order valence-electron chi connectivity index (χ3n) is 2.63. The molecule has 0 radical (unpaired) electrons. The summed E-state index contributed by atoms with van der Waals surface area (Å²) in [5.74, 6) is 0. The molecule has 0 saturated heterocycles. The van der Waals surface area contributed by atoms with Crippen molar-refractivity contribution in [1.82, 2.24) is 9.55 Å². The molecule has 0 aromatic carbocycles. The van der Waals surface area contributed by atoms with E-state index in [4.69, 9.17) is 5.73 Å². The predicted molar refractivity (Wildman–Crippen MR) is 47.7 cm³/mol. The minimum Gasteiger partial charge on any atom is -0.330 e. The Morgan fingerprint density at radius 3 is 2.92 bits per heavy atom. The van der Waals surface area contributed by atoms with Gasteiger partial charge < -0.3 is 10.3 Å². The minimum atomic E-state index is 0.105. The first-order chi connectivity index (χ1) is 5.79. The van der Waals surface area contributed by atoms with Gasteiger partial charge in [0, 0.05) is 18.3 Å². The molecule has 0 amide bonds. The van der Waals surface area contributed by atoms with Gasteiger partial charge in [0.2, 0.25) is 0 Å². The highest BCUT2D eigenvalue weighted by Gasteiger charge is 2.21. The molecule has 0 unspecified atom stereocenters. The molecule has 1 atom stereocenters. The maximum absolute atomic E-state index is 5.81. The van der Waals surface area contributed by atoms with Crippen LogP contribution in [0.2, 0.25) is 0 Å². The van der Waals surface area contributed by atoms with Crippen molar-refractivity contribution in [3.05, 3.63) is 18.2 Å². The van der Waals surface area contributed by atoms with Crippen LogP contribution in [0.4, 0.5) is 0 Å². The van der Waals surface area contributed by atoms with Gasteiger partial charge >= 0.3 is 0 Å². The van der Waals surface area contributed by atoms with Crippen LogP contribution in [0.3, 0.4) is 0 Å². The number of nitrogens with zero attached hydrogens (tertiary/aromatic N) is 2. The molecule has 66 valence electrons. The smallest absolute Gasteiger partial charge is 0.0951 e. The van der Waals surface area contributed by atoms with Crippen molar-refractivity contribution in [2.45, 2.75) is 38.3 Å². The summed E-state index contributed by atoms with van der Waals surface area (Å²) in [4.78, 5) is 4.13. The summed E-state index contributed by atoms with van der Waals surface area (Å²) in [5.41, 5.74) is 6.98. The van der Waals surface area contributed by atoms with Crippen molar-refractivity contribution in [2.75, 3.05) is 0 Å². The molecule has 0 bridgehead atoms. The van der Waals surface area contributed by atoms with E-state index in [1.165, 1.54) is 25.0 Å². The lowest BCUT2D eigenvalue weighted by molar-refractivity contribution is 0.304. The zero-order valence-electron chi connectivity index (χ0n) is 7.40. The molecule has 3 nitrogen and oxygen atoms in total. The SMILES string of the molecule is C[C@H](N)c1cncn1C1CCC1. The molecule has 1 fully saturated rings. The van der Waals surface area contributed by atoms with Crippen LogP contribution >= 0.6 is 0 Å². The Morgan fingerprint density at radius 2 is 2.42 bits per heavy atom. The van der Waals surface area contributed by atoms with Gasteiger partial charge in [-0.1, -0.05) is 0 Å². The molecule has 1 aromatic heterocycles. The summed E-state index contributed by atoms with van der Waals surface area (Å²) in [6.45, 7) is 2.01. The van der Waals surface area contributed by atoms with E-state index in [9.17, 15) is 0 Å². The number of imidazole rings is 1. The number of nitrogens with two attached hydrogens (primary N) is 1. The van der Waals surface area contributed by atoms with Crippen molar-refractivity contribution in [2.24, 2.45) is 5.73 Å². The second-order valence-corrected chi connectivity index (χ2v) is 3.60. The van der Waals surface area contributed by atoms with Crippen molar-refractivity contribution >= 4 is 0 Å². The van der Waals surface area contributed by atoms with E-state index < -0.39 is 0 Å². The largest absolute Gasteiger partial charge is 0.330 e. The molecule has 1 aromatic rings. The summed E-state index contributed by atoms with van der Waals surface area (Å²) >= 11 is 0. The van der Waals surface area contributed by atoms with E-state index in [0.29, 0.717) is 6.04 Å². The van der Waals surface area contributed by atoms with Crippen LogP contribution in [0.15, 0.2) is 12.5 Å². The van der Waals surface area contributed by atoms with Crippen LogP contribution in [0.25, 0.3) is 0 Å². The Kier molecular flexibility index (Phi) is 1.89. The summed E-state index contributed by atoms with van der Waals surface area (Å²) in [6.07, 6.45) is 7.71. The average Bonchev–Trinajstić information content (AvgIpc) is 2.31. The van der Waals surface area contributed by atoms with Gasteiger partial charge in [0.15, 0.2) is 0 Å². The molecule has 12 heavy (non-hydrogen) atoms. The van der Waals surface area contributed by atoms with E-state index >= 15 is 0 Å². The normalized spacial score (nSPS) is 20.5. The Bertz CT molecular complexity index is 260. The quantitative estimate of drug-likeness (QED) is 0.723. The third kappa shape index (κ3) is 1.14. The fourth-order valence-corrected chi connectivity index (χ4v) is 1.64. The molecule has 2 rings (SSSR count). The van der Waals surface area contributed by atoms with E-state index in [2.05, 4.69) is 9.55 Å². The Morgan fingerprint density at radius 1 is 1.67 bits per heavy atom. The standard InChI is InChI=1S/C9H15N3/c1-7(10)9-5-11-6-12(9)8-3-2-4-8/h5-8H,2-4,10H2,1H3/t7-/m0/s1. The molecule has 1 aliphatic rings. The zero-order valence-corrected chi connectivity index (χ0v) is 7.40. The average molecular weight is 165 g/mol. The van der Waals surface area contributed by atoms with Gasteiger partial charge in [-0.15, -0.1) is 0 Å². The first-order valence-corrected chi connectivity index (χ1v) is 4.56. The lowest BCUT2D eigenvalue weighted by atomic mass is 9.92. The highest BCUT2D eigenvalue weighted by Crippen LogP contribution is 2.33. The van der Waals surface area contributed by atoms with Gasteiger partial charge in [0.25, 0.3) is 0 Å². The van der Waals surface area contributed by atoms with Crippen molar-refractivity contribution in [3.8, 4) is 0 Å². The van der Waals surface area contributed by atoms with Crippen LogP contribution in [0.1, 0.15) is 44.0 Å². The fraction of sp³-hybridized carbons (Fsp3) is 0.667. The summed E-state index contributed by atoms with van der Waals surface area (Å²) < 4.78 is 2.23. The first-order valence-electron chi connectivity index (χ1n) is 4.56. The number of rotatable bonds is 2. The molecular weight excluding hydrogens is 150 g/mol. The van der Waals surface area contributed by atoms with Crippen LogP contribution < -0.4 is 5.73 Å². The summed E-state index contributed by atoms with van der Waals surface area (Å²) in [7, 11) is 0. The van der Waals surface area contributed by atoms with Crippen molar-refractivity contribution in [3.63, 3.8) is 0 Å². The summed E-state index contributed by atoms with van der Waals surface area (Å²) in [6, 6.07) is 0.779. The summed E-state index contributed by atoms with van der Waals surface area (Å²) in [5, 5.41) is 0. The molecule has 1 aliphatic carbocycles. The predicted octanol–water partition coefficient (Wildman–Crippen LogP) is 1.63. The molecule has 1 heterocycles. The van der Waals surface area contributed by atoms with Gasteiger partial charge in [0.1, 0.15) is 0 Å². The monoisotopic (exact) mass is 165 g/mol. The maximum atomic E-state index is 5.81. The lowest BCUT2D eigenvalue weighted by Gasteiger charge is -2.29. The van der Waals surface area contributed by atoms with Crippen molar-refractivity contribution in [1.29, 1.82) is 0 Å². The van der Waals surface area contributed by atoms with E-state index in [1.807, 2.05) is 19.4 Å². The fourth-order valence-electron chi connectivity index (χ4n) is 1.64. The zero-order chi connectivity index (χ0) is 8.55. The minimum absolute atomic E-state index is 0.105. The lowest BCUT2D eigenvalue weighted by Crippen LogP contribution is -2.21. The first kappa shape index (κ1) is 7.80. The van der Waals surface area contributed by atoms with Crippen molar-refractivity contribution < 1.29 is 0 Å². The number of hydrogen-bond acceptors (Lipinski definition) is 2. The Balaban J connectivity index is 2.23. The molecular formula is C9H15N3. The van der Waals surface area contributed by atoms with E-state index in [1.54, 1.807) is 0 Å². The Hall–Kier alpha value is -0.830. The third-order valence-corrected chi connectivity index (χ3v) is 2.63. The van der Waals surface area contributed by atoms with E-state index in [-0.39, 0.29) is 6.04 Å². The van der Waals surface area contributed by atoms with Gasteiger partial charge in [0.05, 0.1) is 12.0 Å². The molecule has 1 saturated carbocycles. The number of aromatic nitrogens is 2.